The van der Waals surface area contributed by atoms with Gasteiger partial charge in [-0.05, 0) is 48.4 Å². The van der Waals surface area contributed by atoms with Gasteiger partial charge < -0.3 is 20.4 Å². The number of β-amino-alcohol motifs (C(OH)–C–C–N with tert-alkyl or cyclic N) is 1. The summed E-state index contributed by atoms with van der Waals surface area (Å²) in [5.74, 6) is -0.174. The summed E-state index contributed by atoms with van der Waals surface area (Å²) in [7, 11) is 0. The zero-order valence-electron chi connectivity index (χ0n) is 14.3. The maximum atomic E-state index is 12.5. The van der Waals surface area contributed by atoms with Gasteiger partial charge in [-0.2, -0.15) is 0 Å². The minimum atomic E-state index is -1.26. The third-order valence-electron chi connectivity index (χ3n) is 4.72. The number of nitrogens with one attached hydrogen (secondary N) is 1. The number of pyridine rings is 1. The van der Waals surface area contributed by atoms with Crippen molar-refractivity contribution >= 4 is 17.5 Å². The van der Waals surface area contributed by atoms with E-state index >= 15 is 0 Å². The van der Waals surface area contributed by atoms with Crippen LogP contribution in [-0.4, -0.2) is 57.3 Å². The highest BCUT2D eigenvalue weighted by Gasteiger charge is 2.41. The van der Waals surface area contributed by atoms with Crippen molar-refractivity contribution in [3.8, 4) is 0 Å². The van der Waals surface area contributed by atoms with Crippen LogP contribution < -0.4 is 5.32 Å². The van der Waals surface area contributed by atoms with E-state index in [4.69, 9.17) is 11.6 Å². The first-order valence-electron chi connectivity index (χ1n) is 8.53. The van der Waals surface area contributed by atoms with Crippen molar-refractivity contribution in [3.05, 3.63) is 64.9 Å². The fourth-order valence-electron chi connectivity index (χ4n) is 3.05. The molecule has 0 radical (unpaired) electrons. The van der Waals surface area contributed by atoms with Gasteiger partial charge in [-0.1, -0.05) is 11.6 Å². The molecule has 3 rings (SSSR count). The molecule has 0 unspecified atom stereocenters. The van der Waals surface area contributed by atoms with Crippen LogP contribution >= 0.6 is 11.6 Å². The highest BCUT2D eigenvalue weighted by molar-refractivity contribution is 6.30. The highest BCUT2D eigenvalue weighted by Crippen LogP contribution is 2.24. The number of aliphatic hydroxyl groups excluding tert-OH is 1. The number of aliphatic hydroxyl groups is 2. The number of amides is 1. The molecule has 0 bridgehead atoms. The SMILES string of the molecule is O=C(c1ccc(Cl)cc1)N1CC[C@](O)(CNCc2ccncc2)[C@@H](O)C1. The van der Waals surface area contributed by atoms with Gasteiger partial charge in [0, 0.05) is 49.2 Å². The van der Waals surface area contributed by atoms with Gasteiger partial charge in [0.15, 0.2) is 0 Å². The molecular weight excluding hydrogens is 354 g/mol. The lowest BCUT2D eigenvalue weighted by Crippen LogP contribution is -2.60. The van der Waals surface area contributed by atoms with Crippen molar-refractivity contribution in [1.82, 2.24) is 15.2 Å². The third kappa shape index (κ3) is 4.40. The Hall–Kier alpha value is -1.99. The Balaban J connectivity index is 1.55. The minimum Gasteiger partial charge on any atom is -0.388 e. The zero-order chi connectivity index (χ0) is 18.6. The predicted molar refractivity (Wildman–Crippen MR) is 98.9 cm³/mol. The smallest absolute Gasteiger partial charge is 0.253 e. The summed E-state index contributed by atoms with van der Waals surface area (Å²) in [6.45, 7) is 1.30. The van der Waals surface area contributed by atoms with Gasteiger partial charge in [0.05, 0.1) is 0 Å². The molecule has 7 heteroatoms. The molecule has 26 heavy (non-hydrogen) atoms. The molecule has 0 aliphatic carbocycles. The number of nitrogens with zero attached hydrogens (tertiary/aromatic N) is 2. The maximum Gasteiger partial charge on any atom is 0.253 e. The molecule has 0 saturated carbocycles. The van der Waals surface area contributed by atoms with Gasteiger partial charge in [-0.15, -0.1) is 0 Å². The lowest BCUT2D eigenvalue weighted by Gasteiger charge is -2.42. The van der Waals surface area contributed by atoms with Crippen molar-refractivity contribution in [2.75, 3.05) is 19.6 Å². The fraction of sp³-hybridized carbons (Fsp3) is 0.368. The van der Waals surface area contributed by atoms with E-state index in [2.05, 4.69) is 10.3 Å². The summed E-state index contributed by atoms with van der Waals surface area (Å²) >= 11 is 5.85. The molecule has 1 amide bonds. The van der Waals surface area contributed by atoms with Crippen LogP contribution in [0.15, 0.2) is 48.8 Å². The monoisotopic (exact) mass is 375 g/mol. The van der Waals surface area contributed by atoms with E-state index in [0.29, 0.717) is 30.1 Å². The summed E-state index contributed by atoms with van der Waals surface area (Å²) < 4.78 is 0. The van der Waals surface area contributed by atoms with E-state index in [1.165, 1.54) is 0 Å². The first-order valence-corrected chi connectivity index (χ1v) is 8.91. The van der Waals surface area contributed by atoms with Crippen LogP contribution in [0.4, 0.5) is 0 Å². The van der Waals surface area contributed by atoms with Crippen molar-refractivity contribution in [2.45, 2.75) is 24.7 Å². The molecule has 1 aromatic heterocycles. The minimum absolute atomic E-state index is 0.0922. The summed E-state index contributed by atoms with van der Waals surface area (Å²) in [4.78, 5) is 18.1. The number of piperidine rings is 1. The standard InChI is InChI=1S/C19H22ClN3O3/c20-16-3-1-15(2-4-16)18(25)23-10-7-19(26,17(24)12-23)13-22-11-14-5-8-21-9-6-14/h1-6,8-9,17,22,24,26H,7,10-13H2/t17-,19-/m0/s1. The van der Waals surface area contributed by atoms with Crippen molar-refractivity contribution in [1.29, 1.82) is 0 Å². The maximum absolute atomic E-state index is 12.5. The number of hydrogen-bond donors (Lipinski definition) is 3. The number of carbonyl (C=O) groups is 1. The number of benzene rings is 1. The molecular formula is C19H22ClN3O3. The average Bonchev–Trinajstić information content (AvgIpc) is 2.65. The summed E-state index contributed by atoms with van der Waals surface area (Å²) in [6.07, 6.45) is 2.71. The first kappa shape index (κ1) is 18.8. The Labute approximate surface area is 157 Å². The topological polar surface area (TPSA) is 85.7 Å². The number of carbonyl (C=O) groups excluding carboxylic acids is 1. The molecule has 3 N–H and O–H groups in total. The Morgan fingerprint density at radius 2 is 1.96 bits per heavy atom. The second-order valence-electron chi connectivity index (χ2n) is 6.59. The Bertz CT molecular complexity index is 741. The van der Waals surface area contributed by atoms with E-state index < -0.39 is 11.7 Å². The molecule has 2 aromatic rings. The van der Waals surface area contributed by atoms with Gasteiger partial charge in [0.1, 0.15) is 11.7 Å². The second kappa shape index (κ2) is 8.14. The molecule has 1 aromatic carbocycles. The van der Waals surface area contributed by atoms with E-state index in [1.54, 1.807) is 41.6 Å². The van der Waals surface area contributed by atoms with E-state index in [1.807, 2.05) is 12.1 Å². The summed E-state index contributed by atoms with van der Waals surface area (Å²) in [6, 6.07) is 10.4. The molecule has 1 aliphatic heterocycles. The van der Waals surface area contributed by atoms with Crippen LogP contribution in [0.3, 0.4) is 0 Å². The lowest BCUT2D eigenvalue weighted by molar-refractivity contribution is -0.110. The van der Waals surface area contributed by atoms with Crippen LogP contribution in [0, 0.1) is 0 Å². The molecule has 2 atom stereocenters. The fourth-order valence-corrected chi connectivity index (χ4v) is 3.18. The van der Waals surface area contributed by atoms with Crippen LogP contribution in [-0.2, 0) is 6.54 Å². The lowest BCUT2D eigenvalue weighted by atomic mass is 9.88. The normalized spacial score (nSPS) is 23.0. The van der Waals surface area contributed by atoms with E-state index in [-0.39, 0.29) is 19.0 Å². The zero-order valence-corrected chi connectivity index (χ0v) is 15.1. The second-order valence-corrected chi connectivity index (χ2v) is 7.02. The predicted octanol–water partition coefficient (Wildman–Crippen LogP) is 1.46. The van der Waals surface area contributed by atoms with Gasteiger partial charge >= 0.3 is 0 Å². The Kier molecular flexibility index (Phi) is 5.88. The largest absolute Gasteiger partial charge is 0.388 e. The van der Waals surface area contributed by atoms with Gasteiger partial charge in [-0.3, -0.25) is 9.78 Å². The van der Waals surface area contributed by atoms with Crippen LogP contribution in [0.2, 0.25) is 5.02 Å². The highest BCUT2D eigenvalue weighted by atomic mass is 35.5. The molecule has 0 spiro atoms. The van der Waals surface area contributed by atoms with E-state index in [0.717, 1.165) is 5.56 Å². The van der Waals surface area contributed by atoms with Gasteiger partial charge in [-0.25, -0.2) is 0 Å². The molecule has 1 fully saturated rings. The summed E-state index contributed by atoms with van der Waals surface area (Å²) in [5, 5.41) is 24.9. The van der Waals surface area contributed by atoms with Crippen LogP contribution in [0.5, 0.6) is 0 Å². The number of likely N-dealkylation sites (tertiary alicyclic amines) is 1. The van der Waals surface area contributed by atoms with Gasteiger partial charge in [0.2, 0.25) is 0 Å². The van der Waals surface area contributed by atoms with Gasteiger partial charge in [0.25, 0.3) is 5.91 Å². The van der Waals surface area contributed by atoms with Crippen molar-refractivity contribution in [3.63, 3.8) is 0 Å². The molecule has 6 nitrogen and oxygen atoms in total. The number of aromatic nitrogens is 1. The van der Waals surface area contributed by atoms with Crippen molar-refractivity contribution < 1.29 is 15.0 Å². The van der Waals surface area contributed by atoms with Crippen molar-refractivity contribution in [2.24, 2.45) is 0 Å². The summed E-state index contributed by atoms with van der Waals surface area (Å²) in [5.41, 5.74) is 0.306. The Morgan fingerprint density at radius 1 is 1.27 bits per heavy atom. The van der Waals surface area contributed by atoms with Crippen LogP contribution in [0.25, 0.3) is 0 Å². The molecule has 1 saturated heterocycles. The number of hydrogen-bond acceptors (Lipinski definition) is 5. The molecule has 138 valence electrons. The number of rotatable bonds is 5. The average molecular weight is 376 g/mol. The van der Waals surface area contributed by atoms with Crippen LogP contribution in [0.1, 0.15) is 22.3 Å². The van der Waals surface area contributed by atoms with E-state index in [9.17, 15) is 15.0 Å². The first-order chi connectivity index (χ1) is 12.5. The quantitative estimate of drug-likeness (QED) is 0.736. The number of halogens is 1. The molecule has 1 aliphatic rings. The Morgan fingerprint density at radius 3 is 2.62 bits per heavy atom. The molecule has 2 heterocycles. The third-order valence-corrected chi connectivity index (χ3v) is 4.97.